The molecule has 0 aromatic heterocycles. The van der Waals surface area contributed by atoms with Gasteiger partial charge in [0.25, 0.3) is 10.0 Å². The zero-order chi connectivity index (χ0) is 19.3. The second-order valence-corrected chi connectivity index (χ2v) is 7.86. The number of ether oxygens (including phenoxy) is 2. The van der Waals surface area contributed by atoms with Crippen LogP contribution >= 0.6 is 0 Å². The van der Waals surface area contributed by atoms with Crippen LogP contribution in [0.3, 0.4) is 0 Å². The summed E-state index contributed by atoms with van der Waals surface area (Å²) in [6, 6.07) is 11.7. The molecule has 140 valence electrons. The monoisotopic (exact) mass is 377 g/mol. The van der Waals surface area contributed by atoms with E-state index in [-0.39, 0.29) is 11.5 Å². The molecular formula is C19H23NO5S. The molecule has 0 aliphatic heterocycles. The number of nitrogens with one attached hydrogen (secondary N) is 1. The molecule has 6 nitrogen and oxygen atoms in total. The first-order valence-corrected chi connectivity index (χ1v) is 9.64. The average molecular weight is 377 g/mol. The van der Waals surface area contributed by atoms with Crippen LogP contribution in [0.15, 0.2) is 47.4 Å². The first kappa shape index (κ1) is 19.8. The van der Waals surface area contributed by atoms with Gasteiger partial charge in [-0.3, -0.25) is 4.72 Å². The lowest BCUT2D eigenvalue weighted by molar-refractivity contribution is -0.142. The largest absolute Gasteiger partial charge is 0.482 e. The number of sulfonamides is 1. The third kappa shape index (κ3) is 4.98. The van der Waals surface area contributed by atoms with E-state index >= 15 is 0 Å². The zero-order valence-electron chi connectivity index (χ0n) is 15.3. The summed E-state index contributed by atoms with van der Waals surface area (Å²) in [7, 11) is -2.45. The van der Waals surface area contributed by atoms with Gasteiger partial charge in [-0.1, -0.05) is 26.0 Å². The summed E-state index contributed by atoms with van der Waals surface area (Å²) in [6.07, 6.45) is 0. The summed E-state index contributed by atoms with van der Waals surface area (Å²) in [5.74, 6) is 0.295. The number of aryl methyl sites for hydroxylation is 1. The van der Waals surface area contributed by atoms with Gasteiger partial charge in [-0.2, -0.15) is 0 Å². The standard InChI is InChI=1S/C19H23NO5S/c1-13(2)15-5-7-16(8-6-15)20-26(22,23)17-9-10-18(14(3)11-17)25-12-19(21)24-4/h5-11,13,20H,12H2,1-4H3. The Bertz CT molecular complexity index is 873. The molecule has 0 aliphatic rings. The number of anilines is 1. The van der Waals surface area contributed by atoms with E-state index in [0.717, 1.165) is 5.56 Å². The van der Waals surface area contributed by atoms with E-state index in [1.165, 1.54) is 25.3 Å². The first-order chi connectivity index (χ1) is 12.2. The number of hydrogen-bond acceptors (Lipinski definition) is 5. The molecule has 26 heavy (non-hydrogen) atoms. The zero-order valence-corrected chi connectivity index (χ0v) is 16.1. The van der Waals surface area contributed by atoms with Gasteiger partial charge in [0, 0.05) is 5.69 Å². The molecule has 0 aliphatic carbocycles. The van der Waals surface area contributed by atoms with Crippen molar-refractivity contribution in [3.63, 3.8) is 0 Å². The van der Waals surface area contributed by atoms with Crippen molar-refractivity contribution in [2.24, 2.45) is 0 Å². The van der Waals surface area contributed by atoms with Crippen molar-refractivity contribution >= 4 is 21.7 Å². The van der Waals surface area contributed by atoms with Crippen LogP contribution in [-0.4, -0.2) is 28.1 Å². The Balaban J connectivity index is 2.15. The molecule has 1 N–H and O–H groups in total. The van der Waals surface area contributed by atoms with Crippen molar-refractivity contribution in [3.8, 4) is 5.75 Å². The Morgan fingerprint density at radius 2 is 1.77 bits per heavy atom. The lowest BCUT2D eigenvalue weighted by atomic mass is 10.0. The maximum absolute atomic E-state index is 12.6. The fourth-order valence-corrected chi connectivity index (χ4v) is 3.44. The summed E-state index contributed by atoms with van der Waals surface area (Å²) in [6.45, 7) is 5.63. The molecule has 2 rings (SSSR count). The predicted octanol–water partition coefficient (Wildman–Crippen LogP) is 3.47. The van der Waals surface area contributed by atoms with Crippen molar-refractivity contribution in [1.29, 1.82) is 0 Å². The molecular weight excluding hydrogens is 354 g/mol. The normalized spacial score (nSPS) is 11.3. The van der Waals surface area contributed by atoms with Gasteiger partial charge in [0.1, 0.15) is 5.75 Å². The third-order valence-corrected chi connectivity index (χ3v) is 5.24. The molecule has 0 radical (unpaired) electrons. The van der Waals surface area contributed by atoms with Crippen molar-refractivity contribution in [3.05, 3.63) is 53.6 Å². The number of methoxy groups -OCH3 is 1. The number of esters is 1. The molecule has 0 heterocycles. The maximum atomic E-state index is 12.6. The van der Waals surface area contributed by atoms with Crippen LogP contribution in [0.1, 0.15) is 30.9 Å². The van der Waals surface area contributed by atoms with Crippen LogP contribution < -0.4 is 9.46 Å². The van der Waals surface area contributed by atoms with E-state index in [1.54, 1.807) is 19.1 Å². The van der Waals surface area contributed by atoms with E-state index < -0.39 is 16.0 Å². The highest BCUT2D eigenvalue weighted by Gasteiger charge is 2.16. The fraction of sp³-hybridized carbons (Fsp3) is 0.316. The second kappa shape index (κ2) is 8.23. The molecule has 0 amide bonds. The highest BCUT2D eigenvalue weighted by molar-refractivity contribution is 7.92. The first-order valence-electron chi connectivity index (χ1n) is 8.16. The van der Waals surface area contributed by atoms with Crippen LogP contribution in [0.5, 0.6) is 5.75 Å². The molecule has 2 aromatic rings. The maximum Gasteiger partial charge on any atom is 0.343 e. The fourth-order valence-electron chi connectivity index (χ4n) is 2.30. The van der Waals surface area contributed by atoms with Gasteiger partial charge in [-0.15, -0.1) is 0 Å². The van der Waals surface area contributed by atoms with Crippen LogP contribution in [0.25, 0.3) is 0 Å². The minimum atomic E-state index is -3.72. The highest BCUT2D eigenvalue weighted by Crippen LogP contribution is 2.24. The lowest BCUT2D eigenvalue weighted by Crippen LogP contribution is -2.15. The summed E-state index contributed by atoms with van der Waals surface area (Å²) >= 11 is 0. The number of carbonyl (C=O) groups is 1. The van der Waals surface area contributed by atoms with E-state index in [9.17, 15) is 13.2 Å². The molecule has 0 spiro atoms. The SMILES string of the molecule is COC(=O)COc1ccc(S(=O)(=O)Nc2ccc(C(C)C)cc2)cc1C. The Morgan fingerprint density at radius 3 is 2.31 bits per heavy atom. The summed E-state index contributed by atoms with van der Waals surface area (Å²) in [5.41, 5.74) is 2.24. The van der Waals surface area contributed by atoms with E-state index in [0.29, 0.717) is 22.9 Å². The van der Waals surface area contributed by atoms with Gasteiger partial charge >= 0.3 is 5.97 Å². The van der Waals surface area contributed by atoms with Gasteiger partial charge in [-0.25, -0.2) is 13.2 Å². The van der Waals surface area contributed by atoms with Crippen LogP contribution in [0, 0.1) is 6.92 Å². The van der Waals surface area contributed by atoms with Gasteiger partial charge < -0.3 is 9.47 Å². The number of carbonyl (C=O) groups excluding carboxylic acids is 1. The van der Waals surface area contributed by atoms with E-state index in [4.69, 9.17) is 4.74 Å². The minimum absolute atomic E-state index is 0.119. The van der Waals surface area contributed by atoms with Gasteiger partial charge in [0.15, 0.2) is 6.61 Å². The van der Waals surface area contributed by atoms with Crippen molar-refractivity contribution in [2.75, 3.05) is 18.4 Å². The van der Waals surface area contributed by atoms with Gasteiger partial charge in [-0.05, 0) is 54.3 Å². The van der Waals surface area contributed by atoms with E-state index in [2.05, 4.69) is 23.3 Å². The quantitative estimate of drug-likeness (QED) is 0.747. The Morgan fingerprint density at radius 1 is 1.12 bits per heavy atom. The molecule has 0 saturated carbocycles. The Hall–Kier alpha value is -2.54. The Kier molecular flexibility index (Phi) is 6.26. The molecule has 7 heteroatoms. The summed E-state index contributed by atoms with van der Waals surface area (Å²) < 4.78 is 37.5. The average Bonchev–Trinajstić information content (AvgIpc) is 2.60. The minimum Gasteiger partial charge on any atom is -0.482 e. The topological polar surface area (TPSA) is 81.7 Å². The molecule has 0 atom stereocenters. The molecule has 0 fully saturated rings. The van der Waals surface area contributed by atoms with Crippen LogP contribution in [0.4, 0.5) is 5.69 Å². The second-order valence-electron chi connectivity index (χ2n) is 6.17. The molecule has 0 unspecified atom stereocenters. The van der Waals surface area contributed by atoms with Crippen LogP contribution in [0.2, 0.25) is 0 Å². The van der Waals surface area contributed by atoms with Gasteiger partial charge in [0.05, 0.1) is 12.0 Å². The molecule has 0 saturated heterocycles. The van der Waals surface area contributed by atoms with Crippen molar-refractivity contribution in [1.82, 2.24) is 0 Å². The van der Waals surface area contributed by atoms with Crippen molar-refractivity contribution < 1.29 is 22.7 Å². The molecule has 2 aromatic carbocycles. The van der Waals surface area contributed by atoms with Crippen molar-refractivity contribution in [2.45, 2.75) is 31.6 Å². The van der Waals surface area contributed by atoms with Gasteiger partial charge in [0.2, 0.25) is 0 Å². The third-order valence-electron chi connectivity index (χ3n) is 3.86. The number of rotatable bonds is 7. The Labute approximate surface area is 154 Å². The summed E-state index contributed by atoms with van der Waals surface area (Å²) in [4.78, 5) is 11.3. The summed E-state index contributed by atoms with van der Waals surface area (Å²) in [5, 5.41) is 0. The lowest BCUT2D eigenvalue weighted by Gasteiger charge is -2.12. The van der Waals surface area contributed by atoms with Crippen LogP contribution in [-0.2, 0) is 19.6 Å². The highest BCUT2D eigenvalue weighted by atomic mass is 32.2. The number of hydrogen-bond donors (Lipinski definition) is 1. The molecule has 0 bridgehead atoms. The smallest absolute Gasteiger partial charge is 0.343 e. The number of benzene rings is 2. The predicted molar refractivity (Wildman–Crippen MR) is 100 cm³/mol. The van der Waals surface area contributed by atoms with E-state index in [1.807, 2.05) is 12.1 Å².